The molecule has 2 N–H and O–H groups in total. The van der Waals surface area contributed by atoms with E-state index in [1.807, 2.05) is 30.5 Å². The summed E-state index contributed by atoms with van der Waals surface area (Å²) in [6.45, 7) is 7.73. The molecule has 0 bridgehead atoms. The molecule has 1 aromatic heterocycles. The lowest BCUT2D eigenvalue weighted by Gasteiger charge is -2.21. The van der Waals surface area contributed by atoms with Gasteiger partial charge in [0, 0.05) is 29.9 Å². The summed E-state index contributed by atoms with van der Waals surface area (Å²) in [6, 6.07) is 5.86. The molecule has 2 aliphatic rings. The van der Waals surface area contributed by atoms with Gasteiger partial charge in [-0.25, -0.2) is 0 Å². The fraction of sp³-hybridized carbons (Fsp3) is 0.500. The van der Waals surface area contributed by atoms with Crippen LogP contribution in [0.3, 0.4) is 0 Å². The number of phenolic OH excluding ortho intramolecular Hbond substituents is 1. The summed E-state index contributed by atoms with van der Waals surface area (Å²) in [7, 11) is 0. The first kappa shape index (κ1) is 19.4. The van der Waals surface area contributed by atoms with E-state index in [-0.39, 0.29) is 5.91 Å². The maximum atomic E-state index is 12.7. The number of thiophene rings is 1. The van der Waals surface area contributed by atoms with Crippen LogP contribution in [0, 0.1) is 6.92 Å². The zero-order chi connectivity index (χ0) is 19.5. The van der Waals surface area contributed by atoms with E-state index in [1.165, 1.54) is 37.0 Å². The largest absolute Gasteiger partial charge is 0.507 e. The van der Waals surface area contributed by atoms with Gasteiger partial charge in [0.2, 0.25) is 0 Å². The second-order valence-corrected chi connectivity index (χ2v) is 8.91. The molecule has 2 fully saturated rings. The maximum Gasteiger partial charge on any atom is 0.265 e. The van der Waals surface area contributed by atoms with Crippen LogP contribution in [0.15, 0.2) is 23.6 Å². The highest BCUT2D eigenvalue weighted by molar-refractivity contribution is 7.12. The minimum atomic E-state index is -0.0718. The number of nitrogens with zero attached hydrogens (tertiary/aromatic N) is 2. The molecule has 0 spiro atoms. The maximum absolute atomic E-state index is 12.7. The smallest absolute Gasteiger partial charge is 0.265 e. The van der Waals surface area contributed by atoms with Crippen LogP contribution in [0.5, 0.6) is 5.75 Å². The lowest BCUT2D eigenvalue weighted by atomic mass is 10.1. The Kier molecular flexibility index (Phi) is 5.99. The Balaban J connectivity index is 1.59. The van der Waals surface area contributed by atoms with Gasteiger partial charge in [0.05, 0.1) is 4.88 Å². The molecule has 5 nitrogen and oxygen atoms in total. The molecule has 4 rings (SSSR count). The Bertz CT molecular complexity index is 797. The van der Waals surface area contributed by atoms with Gasteiger partial charge in [0.1, 0.15) is 5.75 Å². The molecular formula is C22H29N3O2S. The topological polar surface area (TPSA) is 55.8 Å². The molecule has 0 saturated carbocycles. The molecule has 3 heterocycles. The second-order valence-electron chi connectivity index (χ2n) is 8.00. The van der Waals surface area contributed by atoms with Crippen LogP contribution in [0.4, 0.5) is 5.69 Å². The molecule has 0 unspecified atom stereocenters. The molecule has 6 heteroatoms. The summed E-state index contributed by atoms with van der Waals surface area (Å²) in [5, 5.41) is 15.9. The molecule has 0 aliphatic carbocycles. The number of phenols is 1. The molecular weight excluding hydrogens is 370 g/mol. The number of amides is 1. The van der Waals surface area contributed by atoms with Crippen molar-refractivity contribution in [3.63, 3.8) is 0 Å². The SMILES string of the molecule is Cc1ccsc1C(=O)Nc1cc(CN2CCCC2)c(O)c(CN2CCCC2)c1. The fourth-order valence-electron chi connectivity index (χ4n) is 4.23. The number of likely N-dealkylation sites (tertiary alicyclic amines) is 2. The van der Waals surface area contributed by atoms with Crippen molar-refractivity contribution >= 4 is 22.9 Å². The number of aryl methyl sites for hydroxylation is 1. The monoisotopic (exact) mass is 399 g/mol. The van der Waals surface area contributed by atoms with Crippen molar-refractivity contribution in [2.75, 3.05) is 31.5 Å². The van der Waals surface area contributed by atoms with Gasteiger partial charge >= 0.3 is 0 Å². The van der Waals surface area contributed by atoms with E-state index in [0.29, 0.717) is 5.75 Å². The summed E-state index contributed by atoms with van der Waals surface area (Å²) in [5.41, 5.74) is 3.60. The molecule has 28 heavy (non-hydrogen) atoms. The van der Waals surface area contributed by atoms with Crippen LogP contribution in [0.1, 0.15) is 52.0 Å². The van der Waals surface area contributed by atoms with Crippen molar-refractivity contribution in [1.29, 1.82) is 0 Å². The summed E-state index contributed by atoms with van der Waals surface area (Å²) in [4.78, 5) is 18.2. The molecule has 0 radical (unpaired) electrons. The number of benzene rings is 1. The average Bonchev–Trinajstić information content (AvgIpc) is 3.42. The summed E-state index contributed by atoms with van der Waals surface area (Å²) in [5.74, 6) is 0.321. The van der Waals surface area contributed by atoms with Gasteiger partial charge in [-0.15, -0.1) is 11.3 Å². The lowest BCUT2D eigenvalue weighted by molar-refractivity contribution is 0.103. The Morgan fingerprint density at radius 3 is 2.04 bits per heavy atom. The third-order valence-corrected chi connectivity index (χ3v) is 6.79. The van der Waals surface area contributed by atoms with Crippen LogP contribution < -0.4 is 5.32 Å². The van der Waals surface area contributed by atoms with Gasteiger partial charge in [-0.1, -0.05) is 0 Å². The molecule has 2 saturated heterocycles. The normalized spacial score (nSPS) is 18.0. The van der Waals surface area contributed by atoms with Crippen molar-refractivity contribution in [3.05, 3.63) is 45.1 Å². The van der Waals surface area contributed by atoms with E-state index in [2.05, 4.69) is 15.1 Å². The average molecular weight is 400 g/mol. The van der Waals surface area contributed by atoms with E-state index < -0.39 is 0 Å². The molecule has 150 valence electrons. The minimum absolute atomic E-state index is 0.0718. The van der Waals surface area contributed by atoms with Crippen LogP contribution in [-0.2, 0) is 13.1 Å². The number of aromatic hydroxyl groups is 1. The first-order valence-electron chi connectivity index (χ1n) is 10.2. The number of carbonyl (C=O) groups excluding carboxylic acids is 1. The molecule has 1 amide bonds. The van der Waals surface area contributed by atoms with Crippen molar-refractivity contribution in [2.24, 2.45) is 0 Å². The predicted octanol–water partition coefficient (Wildman–Crippen LogP) is 4.21. The van der Waals surface area contributed by atoms with E-state index in [9.17, 15) is 9.90 Å². The van der Waals surface area contributed by atoms with Crippen LogP contribution in [-0.4, -0.2) is 47.0 Å². The number of hydrogen-bond donors (Lipinski definition) is 2. The van der Waals surface area contributed by atoms with Crippen LogP contribution >= 0.6 is 11.3 Å². The van der Waals surface area contributed by atoms with Gasteiger partial charge in [-0.05, 0) is 87.9 Å². The minimum Gasteiger partial charge on any atom is -0.507 e. The second kappa shape index (κ2) is 8.64. The Morgan fingerprint density at radius 1 is 1.04 bits per heavy atom. The third-order valence-electron chi connectivity index (χ3n) is 5.78. The van der Waals surface area contributed by atoms with Crippen molar-refractivity contribution in [1.82, 2.24) is 9.80 Å². The predicted molar refractivity (Wildman–Crippen MR) is 114 cm³/mol. The number of anilines is 1. The quantitative estimate of drug-likeness (QED) is 0.715. The zero-order valence-electron chi connectivity index (χ0n) is 16.5. The number of hydrogen-bond acceptors (Lipinski definition) is 5. The molecule has 1 aromatic carbocycles. The lowest BCUT2D eigenvalue weighted by Crippen LogP contribution is -2.21. The number of nitrogens with one attached hydrogen (secondary N) is 1. The molecule has 2 aliphatic heterocycles. The van der Waals surface area contributed by atoms with Crippen molar-refractivity contribution in [2.45, 2.75) is 45.7 Å². The zero-order valence-corrected chi connectivity index (χ0v) is 17.4. The summed E-state index contributed by atoms with van der Waals surface area (Å²) < 4.78 is 0. The highest BCUT2D eigenvalue weighted by Crippen LogP contribution is 2.31. The number of carbonyl (C=O) groups is 1. The Hall–Kier alpha value is -1.89. The van der Waals surface area contributed by atoms with Crippen molar-refractivity contribution < 1.29 is 9.90 Å². The number of rotatable bonds is 6. The van der Waals surface area contributed by atoms with Gasteiger partial charge < -0.3 is 10.4 Å². The highest BCUT2D eigenvalue weighted by atomic mass is 32.1. The molecule has 0 atom stereocenters. The van der Waals surface area contributed by atoms with Crippen LogP contribution in [0.25, 0.3) is 0 Å². The van der Waals surface area contributed by atoms with E-state index >= 15 is 0 Å². The third kappa shape index (κ3) is 4.40. The van der Waals surface area contributed by atoms with E-state index in [0.717, 1.165) is 66.5 Å². The van der Waals surface area contributed by atoms with Gasteiger partial charge in [0.25, 0.3) is 5.91 Å². The Labute approximate surface area is 171 Å². The summed E-state index contributed by atoms with van der Waals surface area (Å²) in [6.07, 6.45) is 4.87. The van der Waals surface area contributed by atoms with Crippen LogP contribution in [0.2, 0.25) is 0 Å². The van der Waals surface area contributed by atoms with Gasteiger partial charge in [-0.2, -0.15) is 0 Å². The van der Waals surface area contributed by atoms with Gasteiger partial charge in [-0.3, -0.25) is 14.6 Å². The van der Waals surface area contributed by atoms with E-state index in [1.54, 1.807) is 0 Å². The molecule has 2 aromatic rings. The first-order valence-corrected chi connectivity index (χ1v) is 11.1. The Morgan fingerprint density at radius 2 is 1.57 bits per heavy atom. The highest BCUT2D eigenvalue weighted by Gasteiger charge is 2.20. The van der Waals surface area contributed by atoms with Crippen molar-refractivity contribution in [3.8, 4) is 5.75 Å². The van der Waals surface area contributed by atoms with E-state index in [4.69, 9.17) is 0 Å². The van der Waals surface area contributed by atoms with Gasteiger partial charge in [0.15, 0.2) is 0 Å². The fourth-order valence-corrected chi connectivity index (χ4v) is 5.05. The standard InChI is InChI=1S/C22H29N3O2S/c1-16-6-11-28-21(16)22(27)23-19-12-17(14-24-7-2-3-8-24)20(26)18(13-19)15-25-9-4-5-10-25/h6,11-13,26H,2-5,7-10,14-15H2,1H3,(H,23,27). The summed E-state index contributed by atoms with van der Waals surface area (Å²) >= 11 is 1.46. The first-order chi connectivity index (χ1) is 13.6.